The van der Waals surface area contributed by atoms with Crippen LogP contribution in [0.2, 0.25) is 0 Å². The number of esters is 1. The third-order valence-corrected chi connectivity index (χ3v) is 2.77. The average molecular weight is 337 g/mol. The van der Waals surface area contributed by atoms with E-state index in [1.165, 1.54) is 11.6 Å². The van der Waals surface area contributed by atoms with Gasteiger partial charge in [0.25, 0.3) is 0 Å². The summed E-state index contributed by atoms with van der Waals surface area (Å²) >= 11 is 0. The fraction of sp³-hybridized carbons (Fsp3) is 0.400. The molecule has 0 aliphatic rings. The number of ether oxygens (including phenoxy) is 1. The zero-order chi connectivity index (χ0) is 13.4. The van der Waals surface area contributed by atoms with E-state index in [1.807, 2.05) is 6.07 Å². The zero-order valence-corrected chi connectivity index (χ0v) is 14.7. The van der Waals surface area contributed by atoms with Crippen molar-refractivity contribution in [2.24, 2.45) is 0 Å². The third-order valence-electron chi connectivity index (χ3n) is 2.77. The van der Waals surface area contributed by atoms with Crippen LogP contribution in [-0.4, -0.2) is 37.7 Å². The minimum absolute atomic E-state index is 0. The van der Waals surface area contributed by atoms with E-state index in [2.05, 4.69) is 44.9 Å². The van der Waals surface area contributed by atoms with Gasteiger partial charge in [-0.15, -0.1) is 0 Å². The van der Waals surface area contributed by atoms with E-state index >= 15 is 0 Å². The molecule has 0 atom stereocenters. The van der Waals surface area contributed by atoms with Crippen LogP contribution in [-0.2, 0) is 48.8 Å². The smallest absolute Gasteiger partial charge is 0.330 e. The van der Waals surface area contributed by atoms with E-state index in [0.29, 0.717) is 6.61 Å². The Bertz CT molecular complexity index is 390. The van der Waals surface area contributed by atoms with E-state index in [1.54, 1.807) is 0 Å². The van der Waals surface area contributed by atoms with Crippen LogP contribution in [0.15, 0.2) is 43.0 Å². The van der Waals surface area contributed by atoms with Crippen molar-refractivity contribution in [3.63, 3.8) is 0 Å². The normalized spacial score (nSPS) is 10.4. The topological polar surface area (TPSA) is 26.3 Å². The molecule has 0 heterocycles. The number of quaternary nitrogens is 1. The summed E-state index contributed by atoms with van der Waals surface area (Å²) < 4.78 is 5.85. The van der Waals surface area contributed by atoms with E-state index in [0.717, 1.165) is 24.0 Å². The second kappa shape index (κ2) is 9.41. The Morgan fingerprint density at radius 3 is 2.53 bits per heavy atom. The van der Waals surface area contributed by atoms with Gasteiger partial charge in [0.1, 0.15) is 6.54 Å². The number of carbonyl (C=O) groups is 1. The number of benzene rings is 1. The summed E-state index contributed by atoms with van der Waals surface area (Å²) in [7, 11) is 4.37. The molecule has 0 aliphatic heterocycles. The number of hydrogen-bond donors (Lipinski definition) is 0. The number of carbonyl (C=O) groups excluding carboxylic acids is 1. The van der Waals surface area contributed by atoms with Gasteiger partial charge in [0.2, 0.25) is 0 Å². The molecule has 0 saturated carbocycles. The summed E-state index contributed by atoms with van der Waals surface area (Å²) in [5.41, 5.74) is 1.32. The SMILES string of the molecule is C=CC(=O)OCCC[N+](C)(C)Cc1ccccc1.[Y]. The van der Waals surface area contributed by atoms with Crippen LogP contribution in [0.3, 0.4) is 0 Å². The summed E-state index contributed by atoms with van der Waals surface area (Å²) in [6, 6.07) is 10.4. The predicted molar refractivity (Wildman–Crippen MR) is 72.9 cm³/mol. The first-order valence-corrected chi connectivity index (χ1v) is 6.18. The molecule has 1 rings (SSSR count). The molecule has 0 fully saturated rings. The molecule has 0 aromatic heterocycles. The maximum atomic E-state index is 10.9. The summed E-state index contributed by atoms with van der Waals surface area (Å²) in [6.45, 7) is 5.78. The molecule has 0 amide bonds. The molecule has 1 aromatic carbocycles. The van der Waals surface area contributed by atoms with E-state index < -0.39 is 0 Å². The van der Waals surface area contributed by atoms with Crippen LogP contribution in [0.4, 0.5) is 0 Å². The second-order valence-electron chi connectivity index (χ2n) is 5.03. The summed E-state index contributed by atoms with van der Waals surface area (Å²) in [5.74, 6) is -0.344. The van der Waals surface area contributed by atoms with E-state index in [9.17, 15) is 4.79 Å². The zero-order valence-electron chi connectivity index (χ0n) is 11.8. The Labute approximate surface area is 141 Å². The first-order chi connectivity index (χ1) is 8.53. The Morgan fingerprint density at radius 2 is 1.95 bits per heavy atom. The largest absolute Gasteiger partial charge is 0.462 e. The number of hydrogen-bond acceptors (Lipinski definition) is 2. The first kappa shape index (κ1) is 18.5. The predicted octanol–water partition coefficient (Wildman–Crippen LogP) is 2.38. The van der Waals surface area contributed by atoms with Crippen molar-refractivity contribution >= 4 is 5.97 Å². The maximum Gasteiger partial charge on any atom is 0.330 e. The quantitative estimate of drug-likeness (QED) is 0.331. The van der Waals surface area contributed by atoms with E-state index in [4.69, 9.17) is 4.74 Å². The molecule has 0 unspecified atom stereocenters. The van der Waals surface area contributed by atoms with Gasteiger partial charge in [-0.25, -0.2) is 4.79 Å². The summed E-state index contributed by atoms with van der Waals surface area (Å²) in [5, 5.41) is 0. The summed E-state index contributed by atoms with van der Waals surface area (Å²) in [6.07, 6.45) is 2.06. The van der Waals surface area contributed by atoms with Gasteiger partial charge in [0.05, 0.1) is 27.2 Å². The Balaban J connectivity index is 0.00000324. The van der Waals surface area contributed by atoms with Crippen molar-refractivity contribution in [3.8, 4) is 0 Å². The van der Waals surface area contributed by atoms with Crippen LogP contribution in [0, 0.1) is 0 Å². The van der Waals surface area contributed by atoms with Crippen molar-refractivity contribution in [2.45, 2.75) is 13.0 Å². The van der Waals surface area contributed by atoms with Gasteiger partial charge in [0, 0.05) is 50.8 Å². The minimum Gasteiger partial charge on any atom is -0.462 e. The molecule has 4 heteroatoms. The molecule has 0 N–H and O–H groups in total. The van der Waals surface area contributed by atoms with Crippen LogP contribution >= 0.6 is 0 Å². The van der Waals surface area contributed by atoms with Crippen LogP contribution in [0.5, 0.6) is 0 Å². The van der Waals surface area contributed by atoms with Crippen LogP contribution < -0.4 is 0 Å². The molecule has 0 saturated heterocycles. The Kier molecular flexibility index (Phi) is 9.16. The standard InChI is InChI=1S/C15H22NO2.Y/c1-4-15(17)18-12-8-11-16(2,3)13-14-9-6-5-7-10-14;/h4-7,9-10H,1,8,11-13H2,2-3H3;/q+1;. The third kappa shape index (κ3) is 8.30. The van der Waals surface area contributed by atoms with Crippen LogP contribution in [0.1, 0.15) is 12.0 Å². The molecule has 3 nitrogen and oxygen atoms in total. The summed E-state index contributed by atoms with van der Waals surface area (Å²) in [4.78, 5) is 10.9. The second-order valence-corrected chi connectivity index (χ2v) is 5.03. The van der Waals surface area contributed by atoms with Crippen molar-refractivity contribution in [1.29, 1.82) is 0 Å². The van der Waals surface area contributed by atoms with Gasteiger partial charge in [-0.05, 0) is 0 Å². The van der Waals surface area contributed by atoms with Gasteiger partial charge >= 0.3 is 5.97 Å². The molecule has 0 bridgehead atoms. The van der Waals surface area contributed by atoms with Crippen molar-refractivity contribution in [1.82, 2.24) is 0 Å². The van der Waals surface area contributed by atoms with Gasteiger partial charge in [-0.3, -0.25) is 0 Å². The molecule has 0 aliphatic carbocycles. The molecule has 0 spiro atoms. The van der Waals surface area contributed by atoms with Gasteiger partial charge in [0.15, 0.2) is 0 Å². The van der Waals surface area contributed by atoms with Crippen molar-refractivity contribution in [3.05, 3.63) is 48.6 Å². The molecule has 1 aromatic rings. The molecule has 1 radical (unpaired) electrons. The maximum absolute atomic E-state index is 10.9. The fourth-order valence-corrected chi connectivity index (χ4v) is 1.88. The fourth-order valence-electron chi connectivity index (χ4n) is 1.88. The van der Waals surface area contributed by atoms with Crippen molar-refractivity contribution < 1.29 is 46.7 Å². The van der Waals surface area contributed by atoms with Crippen molar-refractivity contribution in [2.75, 3.05) is 27.2 Å². The molecular weight excluding hydrogens is 315 g/mol. The van der Waals surface area contributed by atoms with Crippen LogP contribution in [0.25, 0.3) is 0 Å². The van der Waals surface area contributed by atoms with E-state index in [-0.39, 0.29) is 38.7 Å². The monoisotopic (exact) mass is 337 g/mol. The average Bonchev–Trinajstić information content (AvgIpc) is 2.35. The Morgan fingerprint density at radius 1 is 1.32 bits per heavy atom. The first-order valence-electron chi connectivity index (χ1n) is 6.18. The Hall–Kier alpha value is -0.506. The molecular formula is C15H22NO2Y+. The molecule has 101 valence electrons. The van der Waals surface area contributed by atoms with Gasteiger partial charge in [-0.2, -0.15) is 0 Å². The van der Waals surface area contributed by atoms with Gasteiger partial charge in [-0.1, -0.05) is 36.9 Å². The molecule has 19 heavy (non-hydrogen) atoms. The van der Waals surface area contributed by atoms with Gasteiger partial charge < -0.3 is 9.22 Å². The minimum atomic E-state index is -0.344. The number of nitrogens with zero attached hydrogens (tertiary/aromatic N) is 1. The number of rotatable bonds is 7.